The van der Waals surface area contributed by atoms with Gasteiger partial charge in [0.2, 0.25) is 0 Å². The molecule has 0 radical (unpaired) electrons. The quantitative estimate of drug-likeness (QED) is 0.746. The van der Waals surface area contributed by atoms with Crippen LogP contribution in [-0.4, -0.2) is 26.0 Å². The van der Waals surface area contributed by atoms with Gasteiger partial charge in [0.15, 0.2) is 0 Å². The fraction of sp³-hybridized carbons (Fsp3) is 0.125. The summed E-state index contributed by atoms with van der Waals surface area (Å²) in [5.74, 6) is -1.27. The molecule has 0 spiro atoms. The lowest BCUT2D eigenvalue weighted by Crippen LogP contribution is -2.40. The lowest BCUT2D eigenvalue weighted by molar-refractivity contribution is -0.135. The third-order valence-electron chi connectivity index (χ3n) is 1.63. The molecular weight excluding hydrogens is 220 g/mol. The Morgan fingerprint density at radius 1 is 1.33 bits per heavy atom. The van der Waals surface area contributed by atoms with Crippen LogP contribution in [0.15, 0.2) is 30.3 Å². The van der Waals surface area contributed by atoms with Crippen molar-refractivity contribution < 1.29 is 18.3 Å². The molecule has 7 heteroatoms. The van der Waals surface area contributed by atoms with Gasteiger partial charge in [0.1, 0.15) is 6.54 Å². The minimum atomic E-state index is -4.06. The van der Waals surface area contributed by atoms with E-state index in [9.17, 15) is 13.2 Å². The third-order valence-corrected chi connectivity index (χ3v) is 2.58. The maximum Gasteiger partial charge on any atom is 0.324 e. The number of para-hydroxylation sites is 1. The summed E-state index contributed by atoms with van der Waals surface area (Å²) in [4.78, 5) is 10.5. The molecule has 1 rings (SSSR count). The Balaban J connectivity index is 3.08. The van der Waals surface area contributed by atoms with E-state index in [0.717, 1.165) is 0 Å². The number of nitrogens with zero attached hydrogens (tertiary/aromatic N) is 1. The molecule has 0 unspecified atom stereocenters. The largest absolute Gasteiger partial charge is 0.480 e. The van der Waals surface area contributed by atoms with E-state index in [0.29, 0.717) is 4.31 Å². The molecule has 0 fully saturated rings. The van der Waals surface area contributed by atoms with E-state index >= 15 is 0 Å². The van der Waals surface area contributed by atoms with Gasteiger partial charge in [-0.05, 0) is 12.1 Å². The van der Waals surface area contributed by atoms with Gasteiger partial charge in [-0.1, -0.05) is 18.2 Å². The first-order valence-corrected chi connectivity index (χ1v) is 5.49. The molecule has 0 heterocycles. The van der Waals surface area contributed by atoms with Crippen molar-refractivity contribution in [3.8, 4) is 0 Å². The molecule has 1 aromatic rings. The molecular formula is C8H10N2O4S. The van der Waals surface area contributed by atoms with Crippen LogP contribution in [0, 0.1) is 0 Å². The zero-order valence-electron chi connectivity index (χ0n) is 7.70. The maximum atomic E-state index is 11.1. The van der Waals surface area contributed by atoms with Crippen molar-refractivity contribution in [2.75, 3.05) is 10.8 Å². The molecule has 0 aliphatic rings. The van der Waals surface area contributed by atoms with Crippen LogP contribution >= 0.6 is 0 Å². The average Bonchev–Trinajstić information content (AvgIpc) is 2.14. The minimum absolute atomic E-state index is 0.224. The van der Waals surface area contributed by atoms with Gasteiger partial charge < -0.3 is 5.11 Å². The molecule has 15 heavy (non-hydrogen) atoms. The average molecular weight is 230 g/mol. The van der Waals surface area contributed by atoms with Crippen LogP contribution in [0.1, 0.15) is 0 Å². The van der Waals surface area contributed by atoms with Crippen LogP contribution in [-0.2, 0) is 15.0 Å². The molecule has 0 atom stereocenters. The summed E-state index contributed by atoms with van der Waals surface area (Å²) in [5, 5.41) is 13.4. The number of nitrogens with two attached hydrogens (primary N) is 1. The summed E-state index contributed by atoms with van der Waals surface area (Å²) in [6.45, 7) is -0.692. The highest BCUT2D eigenvalue weighted by molar-refractivity contribution is 7.90. The molecule has 6 nitrogen and oxygen atoms in total. The Morgan fingerprint density at radius 2 is 1.87 bits per heavy atom. The molecule has 0 amide bonds. The Hall–Kier alpha value is -1.60. The van der Waals surface area contributed by atoms with Gasteiger partial charge in [0, 0.05) is 0 Å². The first-order valence-electron chi connectivity index (χ1n) is 3.98. The first-order chi connectivity index (χ1) is 6.91. The van der Waals surface area contributed by atoms with Gasteiger partial charge in [-0.2, -0.15) is 8.42 Å². The Morgan fingerprint density at radius 3 is 2.27 bits per heavy atom. The summed E-state index contributed by atoms with van der Waals surface area (Å²) < 4.78 is 22.8. The van der Waals surface area contributed by atoms with E-state index in [1.807, 2.05) is 0 Å². The van der Waals surface area contributed by atoms with Gasteiger partial charge in [-0.3, -0.25) is 4.79 Å². The van der Waals surface area contributed by atoms with E-state index in [2.05, 4.69) is 0 Å². The van der Waals surface area contributed by atoms with Crippen LogP contribution in [0.4, 0.5) is 5.69 Å². The van der Waals surface area contributed by atoms with Crippen LogP contribution < -0.4 is 9.44 Å². The van der Waals surface area contributed by atoms with Crippen molar-refractivity contribution in [2.24, 2.45) is 5.14 Å². The van der Waals surface area contributed by atoms with Gasteiger partial charge >= 0.3 is 5.97 Å². The van der Waals surface area contributed by atoms with Gasteiger partial charge in [0.05, 0.1) is 5.69 Å². The van der Waals surface area contributed by atoms with Crippen molar-refractivity contribution >= 4 is 21.9 Å². The zero-order chi connectivity index (χ0) is 11.5. The molecule has 0 saturated carbocycles. The predicted molar refractivity (Wildman–Crippen MR) is 54.5 cm³/mol. The second-order valence-electron chi connectivity index (χ2n) is 2.78. The summed E-state index contributed by atoms with van der Waals surface area (Å²) in [6, 6.07) is 7.80. The van der Waals surface area contributed by atoms with Gasteiger partial charge in [0.25, 0.3) is 10.2 Å². The predicted octanol–water partition coefficient (Wildman–Crippen LogP) is -0.219. The molecule has 0 bridgehead atoms. The van der Waals surface area contributed by atoms with Crippen molar-refractivity contribution in [2.45, 2.75) is 0 Å². The molecule has 0 aliphatic heterocycles. The van der Waals surface area contributed by atoms with Crippen LogP contribution in [0.2, 0.25) is 0 Å². The van der Waals surface area contributed by atoms with E-state index in [4.69, 9.17) is 10.2 Å². The molecule has 0 aliphatic carbocycles. The van der Waals surface area contributed by atoms with Crippen molar-refractivity contribution in [3.63, 3.8) is 0 Å². The zero-order valence-corrected chi connectivity index (χ0v) is 8.52. The normalized spacial score (nSPS) is 11.0. The Bertz CT molecular complexity index is 443. The Labute approximate surface area is 87.1 Å². The fourth-order valence-electron chi connectivity index (χ4n) is 1.05. The lowest BCUT2D eigenvalue weighted by Gasteiger charge is -2.19. The topological polar surface area (TPSA) is 101 Å². The van der Waals surface area contributed by atoms with E-state index in [1.165, 1.54) is 12.1 Å². The lowest BCUT2D eigenvalue weighted by atomic mass is 10.3. The van der Waals surface area contributed by atoms with Crippen LogP contribution in [0.5, 0.6) is 0 Å². The molecule has 1 aromatic carbocycles. The first kappa shape index (κ1) is 11.5. The maximum absolute atomic E-state index is 11.1. The van der Waals surface area contributed by atoms with Crippen molar-refractivity contribution in [1.82, 2.24) is 0 Å². The van der Waals surface area contributed by atoms with Crippen molar-refractivity contribution in [3.05, 3.63) is 30.3 Å². The van der Waals surface area contributed by atoms with E-state index in [1.54, 1.807) is 18.2 Å². The number of hydrogen-bond donors (Lipinski definition) is 2. The number of hydrogen-bond acceptors (Lipinski definition) is 3. The molecule has 3 N–H and O–H groups in total. The van der Waals surface area contributed by atoms with Crippen LogP contribution in [0.3, 0.4) is 0 Å². The highest BCUT2D eigenvalue weighted by Crippen LogP contribution is 2.14. The smallest absolute Gasteiger partial charge is 0.324 e. The number of carboxylic acid groups (broad SMARTS) is 1. The second-order valence-corrected chi connectivity index (χ2v) is 4.25. The minimum Gasteiger partial charge on any atom is -0.480 e. The number of carboxylic acids is 1. The number of rotatable bonds is 4. The number of carbonyl (C=O) groups is 1. The molecule has 0 saturated heterocycles. The Kier molecular flexibility index (Phi) is 3.28. The molecule has 82 valence electrons. The monoisotopic (exact) mass is 230 g/mol. The van der Waals surface area contributed by atoms with Gasteiger partial charge in [-0.15, -0.1) is 0 Å². The van der Waals surface area contributed by atoms with Gasteiger partial charge in [-0.25, -0.2) is 9.44 Å². The summed E-state index contributed by atoms with van der Waals surface area (Å²) in [5.41, 5.74) is 0.224. The fourth-order valence-corrected chi connectivity index (χ4v) is 1.75. The standard InChI is InChI=1S/C8H10N2O4S/c9-15(13,14)10(6-8(11)12)7-4-2-1-3-5-7/h1-5H,6H2,(H,11,12)(H2,9,13,14). The van der Waals surface area contributed by atoms with Crippen molar-refractivity contribution in [1.29, 1.82) is 0 Å². The summed E-state index contributed by atoms with van der Waals surface area (Å²) in [6.07, 6.45) is 0. The number of aliphatic carboxylic acids is 1. The third kappa shape index (κ3) is 3.22. The van der Waals surface area contributed by atoms with E-state index in [-0.39, 0.29) is 5.69 Å². The SMILES string of the molecule is NS(=O)(=O)N(CC(=O)O)c1ccccc1. The summed E-state index contributed by atoms with van der Waals surface area (Å²) in [7, 11) is -4.06. The summed E-state index contributed by atoms with van der Waals surface area (Å²) >= 11 is 0. The highest BCUT2D eigenvalue weighted by atomic mass is 32.2. The number of anilines is 1. The van der Waals surface area contributed by atoms with Crippen LogP contribution in [0.25, 0.3) is 0 Å². The number of benzene rings is 1. The molecule has 0 aromatic heterocycles. The second kappa shape index (κ2) is 4.28. The van der Waals surface area contributed by atoms with E-state index < -0.39 is 22.7 Å². The highest BCUT2D eigenvalue weighted by Gasteiger charge is 2.20.